The molecule has 1 aromatic rings. The van der Waals surface area contributed by atoms with Gasteiger partial charge in [0.1, 0.15) is 12.4 Å². The summed E-state index contributed by atoms with van der Waals surface area (Å²) in [5.41, 5.74) is 0.353. The number of halogens is 1. The van der Waals surface area contributed by atoms with Gasteiger partial charge < -0.3 is 5.11 Å². The van der Waals surface area contributed by atoms with E-state index in [1.54, 1.807) is 0 Å². The van der Waals surface area contributed by atoms with E-state index in [1.807, 2.05) is 0 Å². The molecule has 1 aliphatic heterocycles. The number of imide groups is 1. The monoisotopic (exact) mass is 275 g/mol. The Bertz CT molecular complexity index is 583. The van der Waals surface area contributed by atoms with Crippen LogP contribution in [0.1, 0.15) is 31.2 Å². The number of carbonyl (C=O) groups excluding carboxylic acids is 2. The molecule has 0 spiro atoms. The van der Waals surface area contributed by atoms with Crippen LogP contribution in [0.5, 0.6) is 0 Å². The highest BCUT2D eigenvalue weighted by molar-refractivity contribution is 6.15. The summed E-state index contributed by atoms with van der Waals surface area (Å²) in [5.74, 6) is 3.59. The maximum Gasteiger partial charge on any atom is 0.233 e. The molecule has 1 fully saturated rings. The van der Waals surface area contributed by atoms with E-state index in [1.165, 1.54) is 12.1 Å². The Kier molecular flexibility index (Phi) is 4.49. The van der Waals surface area contributed by atoms with Gasteiger partial charge in [-0.2, -0.15) is 0 Å². The van der Waals surface area contributed by atoms with Crippen molar-refractivity contribution in [2.75, 3.05) is 11.5 Å². The summed E-state index contributed by atoms with van der Waals surface area (Å²) in [4.78, 5) is 24.9. The van der Waals surface area contributed by atoms with Crippen LogP contribution in [-0.4, -0.2) is 23.5 Å². The Labute approximate surface area is 116 Å². The van der Waals surface area contributed by atoms with Crippen molar-refractivity contribution >= 4 is 17.5 Å². The number of aliphatic hydroxyl groups excluding tert-OH is 1. The Hall–Kier alpha value is -2.19. The number of rotatable bonds is 1. The normalized spacial score (nSPS) is 15.6. The predicted molar refractivity (Wildman–Crippen MR) is 71.3 cm³/mol. The number of hydrogen-bond acceptors (Lipinski definition) is 3. The average molecular weight is 275 g/mol. The second-order valence-electron chi connectivity index (χ2n) is 4.45. The number of benzene rings is 1. The van der Waals surface area contributed by atoms with E-state index in [0.717, 1.165) is 11.0 Å². The number of carbonyl (C=O) groups is 2. The molecule has 1 N–H and O–H groups in total. The minimum absolute atomic E-state index is 0.123. The van der Waals surface area contributed by atoms with E-state index in [0.29, 0.717) is 25.7 Å². The molecular formula is C15H14FNO3. The first-order valence-electron chi connectivity index (χ1n) is 6.38. The third-order valence-corrected chi connectivity index (χ3v) is 3.04. The van der Waals surface area contributed by atoms with E-state index in [4.69, 9.17) is 5.11 Å². The molecule has 1 aliphatic rings. The van der Waals surface area contributed by atoms with Gasteiger partial charge in [0.25, 0.3) is 0 Å². The molecule has 0 aliphatic carbocycles. The first kappa shape index (κ1) is 14.2. The van der Waals surface area contributed by atoms with Crippen molar-refractivity contribution in [3.63, 3.8) is 0 Å². The lowest BCUT2D eigenvalue weighted by molar-refractivity contribution is -0.125. The van der Waals surface area contributed by atoms with Gasteiger partial charge >= 0.3 is 0 Å². The van der Waals surface area contributed by atoms with Gasteiger partial charge in [-0.15, -0.1) is 0 Å². The second kappa shape index (κ2) is 6.31. The number of amides is 2. The highest BCUT2D eigenvalue weighted by Gasteiger charge is 2.26. The summed E-state index contributed by atoms with van der Waals surface area (Å²) < 4.78 is 13.9. The maximum absolute atomic E-state index is 13.9. The molecule has 0 atom stereocenters. The molecule has 104 valence electrons. The lowest BCUT2D eigenvalue weighted by Gasteiger charge is -2.18. The van der Waals surface area contributed by atoms with Crippen LogP contribution in [0.4, 0.5) is 10.1 Å². The molecule has 2 amide bonds. The van der Waals surface area contributed by atoms with Gasteiger partial charge in [0, 0.05) is 12.8 Å². The highest BCUT2D eigenvalue weighted by Crippen LogP contribution is 2.23. The maximum atomic E-state index is 13.9. The molecule has 0 bridgehead atoms. The van der Waals surface area contributed by atoms with E-state index in [-0.39, 0.29) is 29.7 Å². The minimum atomic E-state index is -0.617. The molecule has 0 aromatic heterocycles. The van der Waals surface area contributed by atoms with Crippen molar-refractivity contribution in [1.82, 2.24) is 0 Å². The van der Waals surface area contributed by atoms with Crippen molar-refractivity contribution in [2.45, 2.75) is 25.7 Å². The minimum Gasteiger partial charge on any atom is -0.384 e. The van der Waals surface area contributed by atoms with Crippen LogP contribution in [0.2, 0.25) is 0 Å². The first-order chi connectivity index (χ1) is 9.63. The number of hydrogen-bond donors (Lipinski definition) is 1. The zero-order chi connectivity index (χ0) is 14.5. The van der Waals surface area contributed by atoms with Crippen LogP contribution in [0, 0.1) is 17.7 Å². The molecule has 1 saturated heterocycles. The Morgan fingerprint density at radius 2 is 1.85 bits per heavy atom. The summed E-state index contributed by atoms with van der Waals surface area (Å²) in [6.45, 7) is -0.357. The third-order valence-electron chi connectivity index (χ3n) is 3.04. The van der Waals surface area contributed by atoms with Gasteiger partial charge in [0.15, 0.2) is 0 Å². The largest absolute Gasteiger partial charge is 0.384 e. The lowest BCUT2D eigenvalue weighted by Crippen LogP contribution is -2.35. The van der Waals surface area contributed by atoms with Crippen LogP contribution >= 0.6 is 0 Å². The van der Waals surface area contributed by atoms with Crippen molar-refractivity contribution in [3.8, 4) is 11.8 Å². The van der Waals surface area contributed by atoms with Crippen molar-refractivity contribution in [1.29, 1.82) is 0 Å². The summed E-state index contributed by atoms with van der Waals surface area (Å²) in [7, 11) is 0. The molecule has 20 heavy (non-hydrogen) atoms. The zero-order valence-corrected chi connectivity index (χ0v) is 10.9. The molecule has 0 unspecified atom stereocenters. The van der Waals surface area contributed by atoms with Crippen LogP contribution in [0.3, 0.4) is 0 Å². The lowest BCUT2D eigenvalue weighted by atomic mass is 10.1. The molecule has 1 heterocycles. The fraction of sp³-hybridized carbons (Fsp3) is 0.333. The van der Waals surface area contributed by atoms with Crippen LogP contribution < -0.4 is 4.90 Å². The van der Waals surface area contributed by atoms with Gasteiger partial charge in [-0.1, -0.05) is 11.8 Å². The summed E-state index contributed by atoms with van der Waals surface area (Å²) in [5, 5.41) is 8.58. The average Bonchev–Trinajstić information content (AvgIpc) is 2.58. The topological polar surface area (TPSA) is 57.6 Å². The fourth-order valence-electron chi connectivity index (χ4n) is 2.08. The van der Waals surface area contributed by atoms with E-state index in [2.05, 4.69) is 11.8 Å². The van der Waals surface area contributed by atoms with Gasteiger partial charge in [0.05, 0.1) is 11.3 Å². The zero-order valence-electron chi connectivity index (χ0n) is 10.9. The Balaban J connectivity index is 2.34. The standard InChI is InChI=1S/C15H14FNO3/c16-13-10-12(8-7-11(13)4-3-9-18)17-14(19)5-1-2-6-15(17)20/h7-8,10,18H,1-2,5-6,9H2. The van der Waals surface area contributed by atoms with Gasteiger partial charge in [0.2, 0.25) is 11.8 Å². The number of anilines is 1. The van der Waals surface area contributed by atoms with Crippen molar-refractivity contribution in [3.05, 3.63) is 29.6 Å². The van der Waals surface area contributed by atoms with Gasteiger partial charge in [-0.25, -0.2) is 4.39 Å². The fourth-order valence-corrected chi connectivity index (χ4v) is 2.08. The van der Waals surface area contributed by atoms with Crippen LogP contribution in [0.15, 0.2) is 18.2 Å². The second-order valence-corrected chi connectivity index (χ2v) is 4.45. The Morgan fingerprint density at radius 3 is 2.40 bits per heavy atom. The van der Waals surface area contributed by atoms with Crippen LogP contribution in [0.25, 0.3) is 0 Å². The van der Waals surface area contributed by atoms with Gasteiger partial charge in [-0.3, -0.25) is 14.5 Å². The number of nitrogens with zero attached hydrogens (tertiary/aromatic N) is 1. The van der Waals surface area contributed by atoms with Gasteiger partial charge in [-0.05, 0) is 31.0 Å². The molecule has 4 nitrogen and oxygen atoms in total. The molecular weight excluding hydrogens is 261 g/mol. The molecule has 2 rings (SSSR count). The molecule has 1 aromatic carbocycles. The summed E-state index contributed by atoms with van der Waals surface area (Å²) >= 11 is 0. The van der Waals surface area contributed by atoms with Crippen molar-refractivity contribution < 1.29 is 19.1 Å². The number of aliphatic hydroxyl groups is 1. The van der Waals surface area contributed by atoms with Crippen LogP contribution in [-0.2, 0) is 9.59 Å². The van der Waals surface area contributed by atoms with E-state index in [9.17, 15) is 14.0 Å². The molecule has 5 heteroatoms. The van der Waals surface area contributed by atoms with E-state index >= 15 is 0 Å². The quantitative estimate of drug-likeness (QED) is 0.625. The highest BCUT2D eigenvalue weighted by atomic mass is 19.1. The first-order valence-corrected chi connectivity index (χ1v) is 6.38. The predicted octanol–water partition coefficient (Wildman–Crippen LogP) is 1.60. The third kappa shape index (κ3) is 3.03. The summed E-state index contributed by atoms with van der Waals surface area (Å²) in [6.07, 6.45) is 1.92. The SMILES string of the molecule is O=C1CCCCC(=O)N1c1ccc(C#CCO)c(F)c1. The molecule has 0 saturated carbocycles. The summed E-state index contributed by atoms with van der Waals surface area (Å²) in [6, 6.07) is 4.02. The molecule has 0 radical (unpaired) electrons. The Morgan fingerprint density at radius 1 is 1.20 bits per heavy atom. The van der Waals surface area contributed by atoms with E-state index < -0.39 is 5.82 Å². The smallest absolute Gasteiger partial charge is 0.233 e. The van der Waals surface area contributed by atoms with Crippen molar-refractivity contribution in [2.24, 2.45) is 0 Å².